The van der Waals surface area contributed by atoms with Gasteiger partial charge in [-0.2, -0.15) is 5.26 Å². The molecule has 0 atom stereocenters. The zero-order valence-corrected chi connectivity index (χ0v) is 10.7. The van der Waals surface area contributed by atoms with Crippen LogP contribution >= 0.6 is 11.6 Å². The van der Waals surface area contributed by atoms with Gasteiger partial charge in [0, 0.05) is 0 Å². The largest absolute Gasteiger partial charge is 0.487 e. The first kappa shape index (κ1) is 13.3. The minimum Gasteiger partial charge on any atom is -0.487 e. The van der Waals surface area contributed by atoms with E-state index in [0.717, 1.165) is 11.3 Å². The van der Waals surface area contributed by atoms with Gasteiger partial charge in [-0.15, -0.1) is 11.6 Å². The normalized spacial score (nSPS) is 9.95. The average molecular weight is 277 g/mol. The van der Waals surface area contributed by atoms with E-state index >= 15 is 0 Å². The van der Waals surface area contributed by atoms with Crippen molar-refractivity contribution in [1.29, 1.82) is 5.26 Å². The van der Waals surface area contributed by atoms with E-state index < -0.39 is 5.82 Å². The maximum Gasteiger partial charge on any atom is 0.140 e. The highest BCUT2D eigenvalue weighted by Gasteiger charge is 2.03. The standard InChI is InChI=1S/C14H10ClFN2O/c15-6-12-2-3-13(8-18-12)19-9-10-1-4-14(16)11(5-10)7-17/h1-5,8H,6,9H2. The maximum atomic E-state index is 13.1. The lowest BCUT2D eigenvalue weighted by molar-refractivity contribution is 0.304. The molecule has 1 heterocycles. The molecular formula is C14H10ClFN2O. The Morgan fingerprint density at radius 2 is 2.16 bits per heavy atom. The molecule has 1 aromatic heterocycles. The molecule has 0 aliphatic heterocycles. The van der Waals surface area contributed by atoms with Crippen LogP contribution < -0.4 is 4.74 Å². The molecule has 0 unspecified atom stereocenters. The Hall–Kier alpha value is -2.12. The molecule has 3 nitrogen and oxygen atoms in total. The fourth-order valence-electron chi connectivity index (χ4n) is 1.49. The average Bonchev–Trinajstić information content (AvgIpc) is 2.47. The second kappa shape index (κ2) is 6.17. The van der Waals surface area contributed by atoms with E-state index in [1.165, 1.54) is 12.1 Å². The summed E-state index contributed by atoms with van der Waals surface area (Å²) >= 11 is 5.63. The second-order valence-corrected chi connectivity index (χ2v) is 4.10. The van der Waals surface area contributed by atoms with Crippen molar-refractivity contribution in [2.75, 3.05) is 0 Å². The molecule has 0 aliphatic rings. The summed E-state index contributed by atoms with van der Waals surface area (Å²) in [5, 5.41) is 8.73. The smallest absolute Gasteiger partial charge is 0.140 e. The highest BCUT2D eigenvalue weighted by atomic mass is 35.5. The van der Waals surface area contributed by atoms with Crippen molar-refractivity contribution < 1.29 is 9.13 Å². The van der Waals surface area contributed by atoms with Crippen molar-refractivity contribution in [1.82, 2.24) is 4.98 Å². The van der Waals surface area contributed by atoms with Gasteiger partial charge in [-0.05, 0) is 29.8 Å². The molecule has 0 bridgehead atoms. The van der Waals surface area contributed by atoms with Crippen LogP contribution in [0.2, 0.25) is 0 Å². The first-order valence-electron chi connectivity index (χ1n) is 5.55. The fraction of sp³-hybridized carbons (Fsp3) is 0.143. The van der Waals surface area contributed by atoms with Gasteiger partial charge >= 0.3 is 0 Å². The summed E-state index contributed by atoms with van der Waals surface area (Å²) in [4.78, 5) is 4.09. The van der Waals surface area contributed by atoms with Gasteiger partial charge in [0.2, 0.25) is 0 Å². The summed E-state index contributed by atoms with van der Waals surface area (Å²) in [6, 6.07) is 9.63. The van der Waals surface area contributed by atoms with E-state index in [0.29, 0.717) is 11.6 Å². The molecule has 5 heteroatoms. The van der Waals surface area contributed by atoms with Crippen LogP contribution in [-0.4, -0.2) is 4.98 Å². The van der Waals surface area contributed by atoms with Crippen LogP contribution in [0.5, 0.6) is 5.75 Å². The maximum absolute atomic E-state index is 13.1. The Kier molecular flexibility index (Phi) is 4.32. The van der Waals surface area contributed by atoms with E-state index in [2.05, 4.69) is 4.98 Å². The van der Waals surface area contributed by atoms with E-state index in [1.54, 1.807) is 30.5 Å². The molecule has 0 fully saturated rings. The van der Waals surface area contributed by atoms with Gasteiger partial charge in [0.25, 0.3) is 0 Å². The highest BCUT2D eigenvalue weighted by molar-refractivity contribution is 6.16. The van der Waals surface area contributed by atoms with E-state index in [-0.39, 0.29) is 12.2 Å². The fourth-order valence-corrected chi connectivity index (χ4v) is 1.65. The predicted molar refractivity (Wildman–Crippen MR) is 69.2 cm³/mol. The lowest BCUT2D eigenvalue weighted by Gasteiger charge is -2.06. The van der Waals surface area contributed by atoms with Gasteiger partial charge in [0.1, 0.15) is 24.2 Å². The van der Waals surface area contributed by atoms with Gasteiger partial charge in [-0.3, -0.25) is 4.98 Å². The monoisotopic (exact) mass is 276 g/mol. The number of rotatable bonds is 4. The molecule has 0 saturated carbocycles. The Labute approximate surface area is 115 Å². The number of aromatic nitrogens is 1. The lowest BCUT2D eigenvalue weighted by atomic mass is 10.1. The third kappa shape index (κ3) is 3.43. The van der Waals surface area contributed by atoms with Crippen molar-refractivity contribution in [3.8, 4) is 11.8 Å². The summed E-state index contributed by atoms with van der Waals surface area (Å²) in [5.41, 5.74) is 1.50. The van der Waals surface area contributed by atoms with Crippen molar-refractivity contribution >= 4 is 11.6 Å². The minimum absolute atomic E-state index is 0.0108. The highest BCUT2D eigenvalue weighted by Crippen LogP contribution is 2.14. The predicted octanol–water partition coefficient (Wildman–Crippen LogP) is 3.41. The van der Waals surface area contributed by atoms with Gasteiger partial charge in [-0.25, -0.2) is 4.39 Å². The van der Waals surface area contributed by atoms with Crippen molar-refractivity contribution in [3.63, 3.8) is 0 Å². The summed E-state index contributed by atoms with van der Waals surface area (Å²) in [5.74, 6) is 0.417. The Balaban J connectivity index is 2.04. The number of ether oxygens (including phenoxy) is 1. The lowest BCUT2D eigenvalue weighted by Crippen LogP contribution is -1.98. The minimum atomic E-state index is -0.528. The summed E-state index contributed by atoms with van der Waals surface area (Å²) in [6.07, 6.45) is 1.58. The molecule has 1 aromatic carbocycles. The molecule has 0 amide bonds. The number of hydrogen-bond donors (Lipinski definition) is 0. The van der Waals surface area contributed by atoms with E-state index in [4.69, 9.17) is 21.6 Å². The molecule has 0 spiro atoms. The van der Waals surface area contributed by atoms with Gasteiger partial charge in [0.15, 0.2) is 0 Å². The number of nitriles is 1. The second-order valence-electron chi connectivity index (χ2n) is 3.83. The van der Waals surface area contributed by atoms with Crippen LogP contribution in [-0.2, 0) is 12.5 Å². The summed E-state index contributed by atoms with van der Waals surface area (Å²) in [6.45, 7) is 0.247. The van der Waals surface area contributed by atoms with Crippen LogP contribution in [0.25, 0.3) is 0 Å². The molecule has 2 rings (SSSR count). The summed E-state index contributed by atoms with van der Waals surface area (Å²) < 4.78 is 18.6. The van der Waals surface area contributed by atoms with Crippen LogP contribution in [0.4, 0.5) is 4.39 Å². The van der Waals surface area contributed by atoms with Gasteiger partial charge in [0.05, 0.1) is 23.3 Å². The molecular weight excluding hydrogens is 267 g/mol. The number of halogens is 2. The van der Waals surface area contributed by atoms with Crippen molar-refractivity contribution in [2.45, 2.75) is 12.5 Å². The molecule has 0 saturated heterocycles. The van der Waals surface area contributed by atoms with Crippen molar-refractivity contribution in [3.05, 3.63) is 59.2 Å². The molecule has 0 aliphatic carbocycles. The third-order valence-corrected chi connectivity index (χ3v) is 2.77. The van der Waals surface area contributed by atoms with Crippen LogP contribution in [0.15, 0.2) is 36.5 Å². The molecule has 2 aromatic rings. The van der Waals surface area contributed by atoms with E-state index in [9.17, 15) is 4.39 Å². The Bertz CT molecular complexity index is 608. The van der Waals surface area contributed by atoms with Crippen LogP contribution in [0, 0.1) is 17.1 Å². The quantitative estimate of drug-likeness (QED) is 0.804. The van der Waals surface area contributed by atoms with E-state index in [1.807, 2.05) is 0 Å². The zero-order chi connectivity index (χ0) is 13.7. The van der Waals surface area contributed by atoms with Gasteiger partial charge < -0.3 is 4.74 Å². The van der Waals surface area contributed by atoms with Crippen LogP contribution in [0.1, 0.15) is 16.8 Å². The number of pyridine rings is 1. The SMILES string of the molecule is N#Cc1cc(COc2ccc(CCl)nc2)ccc1F. The number of nitrogens with zero attached hydrogens (tertiary/aromatic N) is 2. The molecule has 96 valence electrons. The number of alkyl halides is 1. The molecule has 0 N–H and O–H groups in total. The van der Waals surface area contributed by atoms with Crippen LogP contribution in [0.3, 0.4) is 0 Å². The summed E-state index contributed by atoms with van der Waals surface area (Å²) in [7, 11) is 0. The van der Waals surface area contributed by atoms with Crippen molar-refractivity contribution in [2.24, 2.45) is 0 Å². The zero-order valence-electron chi connectivity index (χ0n) is 9.94. The number of benzene rings is 1. The number of hydrogen-bond acceptors (Lipinski definition) is 3. The Morgan fingerprint density at radius 3 is 2.79 bits per heavy atom. The first-order valence-corrected chi connectivity index (χ1v) is 6.08. The molecule has 0 radical (unpaired) electrons. The third-order valence-electron chi connectivity index (χ3n) is 2.49. The Morgan fingerprint density at radius 1 is 1.32 bits per heavy atom. The molecule has 19 heavy (non-hydrogen) atoms. The topological polar surface area (TPSA) is 45.9 Å². The first-order chi connectivity index (χ1) is 9.22. The van der Waals surface area contributed by atoms with Gasteiger partial charge in [-0.1, -0.05) is 6.07 Å².